The molecule has 0 spiro atoms. The molecule has 1 aromatic heterocycles. The molecule has 0 fully saturated rings. The van der Waals surface area contributed by atoms with Crippen LogP contribution in [0.5, 0.6) is 0 Å². The van der Waals surface area contributed by atoms with Crippen LogP contribution in [0.2, 0.25) is 0 Å². The number of aryl methyl sites for hydroxylation is 2. The summed E-state index contributed by atoms with van der Waals surface area (Å²) in [5.74, 6) is 0.874. The summed E-state index contributed by atoms with van der Waals surface area (Å²) in [7, 11) is 3.54. The van der Waals surface area contributed by atoms with Gasteiger partial charge in [-0.05, 0) is 13.3 Å². The lowest BCUT2D eigenvalue weighted by atomic mass is 10.3. The predicted octanol–water partition coefficient (Wildman–Crippen LogP) is 0.776. The molecule has 0 bridgehead atoms. The molecule has 0 unspecified atom stereocenters. The monoisotopic (exact) mass is 242 g/mol. The number of aromatic nitrogens is 2. The molecular formula is C11H22N4O2. The van der Waals surface area contributed by atoms with Gasteiger partial charge in [0.05, 0.1) is 24.6 Å². The Morgan fingerprint density at radius 3 is 2.71 bits per heavy atom. The van der Waals surface area contributed by atoms with Crippen LogP contribution in [0.4, 0.5) is 11.5 Å². The minimum atomic E-state index is 0.640. The third-order valence-electron chi connectivity index (χ3n) is 2.46. The van der Waals surface area contributed by atoms with E-state index >= 15 is 0 Å². The van der Waals surface area contributed by atoms with E-state index in [0.29, 0.717) is 25.5 Å². The molecule has 0 atom stereocenters. The fourth-order valence-corrected chi connectivity index (χ4v) is 1.51. The molecule has 3 N–H and O–H groups in total. The second-order valence-corrected chi connectivity index (χ2v) is 3.86. The minimum absolute atomic E-state index is 0.640. The third-order valence-corrected chi connectivity index (χ3v) is 2.46. The number of hydrogen-bond acceptors (Lipinski definition) is 5. The number of nitrogens with one attached hydrogen (secondary N) is 1. The molecule has 0 aliphatic carbocycles. The quantitative estimate of drug-likeness (QED) is 0.659. The van der Waals surface area contributed by atoms with Gasteiger partial charge >= 0.3 is 0 Å². The molecule has 0 amide bonds. The normalized spacial score (nSPS) is 10.8. The van der Waals surface area contributed by atoms with Crippen LogP contribution < -0.4 is 11.1 Å². The minimum Gasteiger partial charge on any atom is -0.394 e. The third kappa shape index (κ3) is 4.24. The van der Waals surface area contributed by atoms with Crippen molar-refractivity contribution in [2.45, 2.75) is 13.3 Å². The molecular weight excluding hydrogens is 220 g/mol. The van der Waals surface area contributed by atoms with E-state index in [0.717, 1.165) is 24.5 Å². The smallest absolute Gasteiger partial charge is 0.147 e. The van der Waals surface area contributed by atoms with E-state index < -0.39 is 0 Å². The summed E-state index contributed by atoms with van der Waals surface area (Å²) < 4.78 is 12.0. The van der Waals surface area contributed by atoms with Gasteiger partial charge in [0.2, 0.25) is 0 Å². The second kappa shape index (κ2) is 7.13. The van der Waals surface area contributed by atoms with E-state index in [2.05, 4.69) is 10.4 Å². The van der Waals surface area contributed by atoms with Crippen molar-refractivity contribution in [2.75, 3.05) is 44.5 Å². The SMILES string of the molecule is COCCOCCCNc1c(N)c(C)nn1C. The maximum absolute atomic E-state index is 5.89. The van der Waals surface area contributed by atoms with E-state index in [4.69, 9.17) is 15.2 Å². The molecule has 0 aromatic carbocycles. The van der Waals surface area contributed by atoms with Crippen LogP contribution >= 0.6 is 0 Å². The van der Waals surface area contributed by atoms with Crippen LogP contribution in [0.3, 0.4) is 0 Å². The molecule has 98 valence electrons. The number of methoxy groups -OCH3 is 1. The highest BCUT2D eigenvalue weighted by atomic mass is 16.5. The van der Waals surface area contributed by atoms with Crippen LogP contribution in [0.1, 0.15) is 12.1 Å². The van der Waals surface area contributed by atoms with Crippen molar-refractivity contribution in [3.63, 3.8) is 0 Å². The Balaban J connectivity index is 2.18. The van der Waals surface area contributed by atoms with Gasteiger partial charge in [-0.2, -0.15) is 5.10 Å². The maximum atomic E-state index is 5.89. The van der Waals surface area contributed by atoms with Gasteiger partial charge in [-0.25, -0.2) is 0 Å². The average Bonchev–Trinajstić information content (AvgIpc) is 2.54. The first kappa shape index (κ1) is 13.8. The number of nitrogens with zero attached hydrogens (tertiary/aromatic N) is 2. The first-order valence-electron chi connectivity index (χ1n) is 5.76. The van der Waals surface area contributed by atoms with Gasteiger partial charge in [0, 0.05) is 27.3 Å². The molecule has 0 radical (unpaired) electrons. The molecule has 1 heterocycles. The Hall–Kier alpha value is -1.27. The zero-order chi connectivity index (χ0) is 12.7. The lowest BCUT2D eigenvalue weighted by Gasteiger charge is -2.08. The summed E-state index contributed by atoms with van der Waals surface area (Å²) >= 11 is 0. The van der Waals surface area contributed by atoms with Gasteiger partial charge in [0.1, 0.15) is 5.82 Å². The van der Waals surface area contributed by atoms with Crippen LogP contribution in [0, 0.1) is 6.92 Å². The Kier molecular flexibility index (Phi) is 5.79. The largest absolute Gasteiger partial charge is 0.394 e. The number of ether oxygens (including phenoxy) is 2. The maximum Gasteiger partial charge on any atom is 0.147 e. The summed E-state index contributed by atoms with van der Waals surface area (Å²) in [6.45, 7) is 4.71. The molecule has 0 aliphatic heterocycles. The van der Waals surface area contributed by atoms with Crippen molar-refractivity contribution < 1.29 is 9.47 Å². The summed E-state index contributed by atoms with van der Waals surface area (Å²) in [4.78, 5) is 0. The van der Waals surface area contributed by atoms with Crippen LogP contribution in [-0.4, -0.2) is 43.3 Å². The van der Waals surface area contributed by atoms with Gasteiger partial charge < -0.3 is 20.5 Å². The standard InChI is InChI=1S/C11H22N4O2/c1-9-10(12)11(15(2)14-9)13-5-4-6-17-8-7-16-3/h13H,4-8,12H2,1-3H3. The fourth-order valence-electron chi connectivity index (χ4n) is 1.51. The Labute approximate surface area is 102 Å². The highest BCUT2D eigenvalue weighted by molar-refractivity contribution is 5.64. The molecule has 17 heavy (non-hydrogen) atoms. The summed E-state index contributed by atoms with van der Waals surface area (Å²) in [6, 6.07) is 0. The van der Waals surface area contributed by atoms with Crippen LogP contribution in [-0.2, 0) is 16.5 Å². The Morgan fingerprint density at radius 2 is 2.12 bits per heavy atom. The van der Waals surface area contributed by atoms with E-state index in [1.54, 1.807) is 11.8 Å². The average molecular weight is 242 g/mol. The van der Waals surface area contributed by atoms with Crippen molar-refractivity contribution in [2.24, 2.45) is 7.05 Å². The van der Waals surface area contributed by atoms with E-state index in [9.17, 15) is 0 Å². The van der Waals surface area contributed by atoms with Gasteiger partial charge in [0.15, 0.2) is 0 Å². The number of nitrogens with two attached hydrogens (primary N) is 1. The van der Waals surface area contributed by atoms with Crippen molar-refractivity contribution in [1.82, 2.24) is 9.78 Å². The second-order valence-electron chi connectivity index (χ2n) is 3.86. The van der Waals surface area contributed by atoms with E-state index in [1.165, 1.54) is 0 Å². The van der Waals surface area contributed by atoms with Crippen molar-refractivity contribution >= 4 is 11.5 Å². The highest BCUT2D eigenvalue weighted by Crippen LogP contribution is 2.20. The van der Waals surface area contributed by atoms with E-state index in [-0.39, 0.29) is 0 Å². The van der Waals surface area contributed by atoms with Crippen molar-refractivity contribution in [1.29, 1.82) is 0 Å². The number of anilines is 2. The Bertz CT molecular complexity index is 338. The van der Waals surface area contributed by atoms with E-state index in [1.807, 2.05) is 14.0 Å². The molecule has 0 saturated carbocycles. The molecule has 0 aliphatic rings. The molecule has 0 saturated heterocycles. The van der Waals surface area contributed by atoms with Crippen LogP contribution in [0.15, 0.2) is 0 Å². The number of rotatable bonds is 8. The van der Waals surface area contributed by atoms with Crippen molar-refractivity contribution in [3.8, 4) is 0 Å². The molecule has 1 aromatic rings. The number of nitrogen functional groups attached to an aromatic ring is 1. The molecule has 6 heteroatoms. The van der Waals surface area contributed by atoms with Gasteiger partial charge in [-0.1, -0.05) is 0 Å². The molecule has 1 rings (SSSR count). The van der Waals surface area contributed by atoms with Crippen LogP contribution in [0.25, 0.3) is 0 Å². The summed E-state index contributed by atoms with van der Waals surface area (Å²) in [6.07, 6.45) is 0.924. The summed E-state index contributed by atoms with van der Waals surface area (Å²) in [5, 5.41) is 7.49. The van der Waals surface area contributed by atoms with Gasteiger partial charge in [-0.15, -0.1) is 0 Å². The lowest BCUT2D eigenvalue weighted by molar-refractivity contribution is 0.0705. The zero-order valence-corrected chi connectivity index (χ0v) is 10.8. The predicted molar refractivity (Wildman–Crippen MR) is 68.2 cm³/mol. The molecule has 6 nitrogen and oxygen atoms in total. The first-order chi connectivity index (χ1) is 8.16. The highest BCUT2D eigenvalue weighted by Gasteiger charge is 2.08. The lowest BCUT2D eigenvalue weighted by Crippen LogP contribution is -2.11. The topological polar surface area (TPSA) is 74.3 Å². The Morgan fingerprint density at radius 1 is 1.35 bits per heavy atom. The van der Waals surface area contributed by atoms with Crippen molar-refractivity contribution in [3.05, 3.63) is 5.69 Å². The van der Waals surface area contributed by atoms with Gasteiger partial charge in [0.25, 0.3) is 0 Å². The first-order valence-corrected chi connectivity index (χ1v) is 5.76. The van der Waals surface area contributed by atoms with Gasteiger partial charge in [-0.3, -0.25) is 4.68 Å². The zero-order valence-electron chi connectivity index (χ0n) is 10.8. The summed E-state index contributed by atoms with van der Waals surface area (Å²) in [5.41, 5.74) is 7.46. The number of hydrogen-bond donors (Lipinski definition) is 2. The fraction of sp³-hybridized carbons (Fsp3) is 0.727.